The van der Waals surface area contributed by atoms with Crippen LogP contribution in [0.3, 0.4) is 0 Å². The Hall–Kier alpha value is 0.400. The van der Waals surface area contributed by atoms with E-state index in [4.69, 9.17) is 0 Å². The normalized spacial score (nSPS) is 32.6. The second kappa shape index (κ2) is 6.36. The van der Waals surface area contributed by atoms with Crippen LogP contribution in [-0.4, -0.2) is 53.9 Å². The van der Waals surface area contributed by atoms with E-state index in [0.717, 1.165) is 17.3 Å². The maximum absolute atomic E-state index is 3.66. The van der Waals surface area contributed by atoms with Crippen molar-refractivity contribution in [2.75, 3.05) is 38.1 Å². The Morgan fingerprint density at radius 3 is 2.56 bits per heavy atom. The van der Waals surface area contributed by atoms with Crippen LogP contribution in [0.25, 0.3) is 0 Å². The molecule has 16 heavy (non-hydrogen) atoms. The van der Waals surface area contributed by atoms with Crippen LogP contribution < -0.4 is 0 Å². The molecule has 0 aromatic carbocycles. The molecule has 0 spiro atoms. The molecule has 94 valence electrons. The number of likely N-dealkylation sites (tertiary alicyclic amines) is 2. The van der Waals surface area contributed by atoms with Gasteiger partial charge in [0.2, 0.25) is 0 Å². The predicted octanol–water partition coefficient (Wildman–Crippen LogP) is 2.58. The molecular formula is C13H25BrN2. The molecule has 0 saturated carbocycles. The van der Waals surface area contributed by atoms with Crippen LogP contribution in [0.2, 0.25) is 0 Å². The van der Waals surface area contributed by atoms with E-state index in [0.29, 0.717) is 0 Å². The average molecular weight is 289 g/mol. The highest BCUT2D eigenvalue weighted by atomic mass is 79.9. The van der Waals surface area contributed by atoms with Gasteiger partial charge in [-0.3, -0.25) is 4.90 Å². The number of rotatable bonds is 5. The summed E-state index contributed by atoms with van der Waals surface area (Å²) in [6.07, 6.45) is 5.59. The molecule has 2 aliphatic heterocycles. The first kappa shape index (κ1) is 12.8. The molecule has 0 bridgehead atoms. The minimum Gasteiger partial charge on any atom is -0.303 e. The van der Waals surface area contributed by atoms with Crippen molar-refractivity contribution >= 4 is 15.9 Å². The third-order valence-corrected chi connectivity index (χ3v) is 4.94. The van der Waals surface area contributed by atoms with E-state index in [-0.39, 0.29) is 0 Å². The Bertz CT molecular complexity index is 204. The SMILES string of the molecule is CC1CCN(CCCN2CCCC2)C1CBr. The number of hydrogen-bond donors (Lipinski definition) is 0. The second-order valence-corrected chi connectivity index (χ2v) is 6.07. The quantitative estimate of drug-likeness (QED) is 0.718. The summed E-state index contributed by atoms with van der Waals surface area (Å²) in [6, 6.07) is 0.790. The molecule has 2 unspecified atom stereocenters. The standard InChI is InChI=1S/C13H25BrN2/c1-12-5-10-16(13(12)11-14)9-4-8-15-6-2-3-7-15/h12-13H,2-11H2,1H3. The zero-order valence-corrected chi connectivity index (χ0v) is 12.1. The summed E-state index contributed by atoms with van der Waals surface area (Å²) >= 11 is 3.66. The van der Waals surface area contributed by atoms with E-state index in [1.165, 1.54) is 58.4 Å². The van der Waals surface area contributed by atoms with Gasteiger partial charge in [0.15, 0.2) is 0 Å². The molecule has 2 heterocycles. The molecule has 2 atom stereocenters. The lowest BCUT2D eigenvalue weighted by Crippen LogP contribution is -2.35. The van der Waals surface area contributed by atoms with Gasteiger partial charge in [-0.25, -0.2) is 0 Å². The van der Waals surface area contributed by atoms with Gasteiger partial charge in [0.05, 0.1) is 0 Å². The van der Waals surface area contributed by atoms with Crippen molar-refractivity contribution in [2.24, 2.45) is 5.92 Å². The zero-order chi connectivity index (χ0) is 11.4. The van der Waals surface area contributed by atoms with E-state index in [2.05, 4.69) is 32.7 Å². The molecule has 0 aromatic rings. The summed E-state index contributed by atoms with van der Waals surface area (Å²) in [5.41, 5.74) is 0. The van der Waals surface area contributed by atoms with E-state index in [1.54, 1.807) is 0 Å². The van der Waals surface area contributed by atoms with Crippen LogP contribution >= 0.6 is 15.9 Å². The minimum absolute atomic E-state index is 0.790. The number of halogens is 1. The molecule has 2 fully saturated rings. The lowest BCUT2D eigenvalue weighted by atomic mass is 10.1. The summed E-state index contributed by atoms with van der Waals surface area (Å²) in [7, 11) is 0. The Balaban J connectivity index is 1.65. The highest BCUT2D eigenvalue weighted by Crippen LogP contribution is 2.25. The Kier molecular flexibility index (Phi) is 5.11. The van der Waals surface area contributed by atoms with Gasteiger partial charge in [-0.15, -0.1) is 0 Å². The third kappa shape index (κ3) is 3.21. The zero-order valence-electron chi connectivity index (χ0n) is 10.5. The lowest BCUT2D eigenvalue weighted by Gasteiger charge is -2.26. The first-order valence-corrected chi connectivity index (χ1v) is 7.96. The van der Waals surface area contributed by atoms with Gasteiger partial charge in [-0.2, -0.15) is 0 Å². The van der Waals surface area contributed by atoms with Crippen LogP contribution in [0.5, 0.6) is 0 Å². The van der Waals surface area contributed by atoms with Crippen molar-refractivity contribution < 1.29 is 0 Å². The van der Waals surface area contributed by atoms with Crippen molar-refractivity contribution in [3.63, 3.8) is 0 Å². The first-order valence-electron chi connectivity index (χ1n) is 6.83. The van der Waals surface area contributed by atoms with Gasteiger partial charge >= 0.3 is 0 Å². The molecule has 2 nitrogen and oxygen atoms in total. The Labute approximate surface area is 108 Å². The summed E-state index contributed by atoms with van der Waals surface area (Å²) in [4.78, 5) is 5.32. The summed E-state index contributed by atoms with van der Waals surface area (Å²) in [5.74, 6) is 0.881. The first-order chi connectivity index (χ1) is 7.81. The van der Waals surface area contributed by atoms with Gasteiger partial charge in [0.1, 0.15) is 0 Å². The molecule has 2 rings (SSSR count). The fourth-order valence-electron chi connectivity index (χ4n) is 3.12. The van der Waals surface area contributed by atoms with Crippen LogP contribution in [0.15, 0.2) is 0 Å². The monoisotopic (exact) mass is 288 g/mol. The number of nitrogens with zero attached hydrogens (tertiary/aromatic N) is 2. The van der Waals surface area contributed by atoms with Crippen molar-refractivity contribution in [2.45, 2.75) is 38.6 Å². The minimum atomic E-state index is 0.790. The van der Waals surface area contributed by atoms with Gasteiger partial charge in [-0.1, -0.05) is 22.9 Å². The van der Waals surface area contributed by atoms with Crippen molar-refractivity contribution in [1.29, 1.82) is 0 Å². The molecule has 0 aromatic heterocycles. The second-order valence-electron chi connectivity index (χ2n) is 5.43. The van der Waals surface area contributed by atoms with Crippen molar-refractivity contribution in [3.8, 4) is 0 Å². The number of alkyl halides is 1. The molecule has 0 amide bonds. The van der Waals surface area contributed by atoms with Crippen LogP contribution in [-0.2, 0) is 0 Å². The van der Waals surface area contributed by atoms with Crippen LogP contribution in [0, 0.1) is 5.92 Å². The maximum atomic E-state index is 3.66. The number of hydrogen-bond acceptors (Lipinski definition) is 2. The average Bonchev–Trinajstić information content (AvgIpc) is 2.89. The fraction of sp³-hybridized carbons (Fsp3) is 1.00. The highest BCUT2D eigenvalue weighted by molar-refractivity contribution is 9.09. The molecule has 2 aliphatic rings. The van der Waals surface area contributed by atoms with Gasteiger partial charge < -0.3 is 4.90 Å². The maximum Gasteiger partial charge on any atom is 0.0218 e. The van der Waals surface area contributed by atoms with Gasteiger partial charge in [0.25, 0.3) is 0 Å². The lowest BCUT2D eigenvalue weighted by molar-refractivity contribution is 0.230. The van der Waals surface area contributed by atoms with E-state index < -0.39 is 0 Å². The summed E-state index contributed by atoms with van der Waals surface area (Å²) in [5, 5.41) is 1.15. The largest absolute Gasteiger partial charge is 0.303 e. The predicted molar refractivity (Wildman–Crippen MR) is 73.2 cm³/mol. The Morgan fingerprint density at radius 2 is 1.88 bits per heavy atom. The topological polar surface area (TPSA) is 6.48 Å². The fourth-order valence-corrected chi connectivity index (χ4v) is 4.17. The molecule has 0 radical (unpaired) electrons. The van der Waals surface area contributed by atoms with Gasteiger partial charge in [-0.05, 0) is 64.3 Å². The van der Waals surface area contributed by atoms with E-state index in [9.17, 15) is 0 Å². The Morgan fingerprint density at radius 1 is 1.12 bits per heavy atom. The molecule has 0 aliphatic carbocycles. The highest BCUT2D eigenvalue weighted by Gasteiger charge is 2.29. The van der Waals surface area contributed by atoms with Crippen LogP contribution in [0.4, 0.5) is 0 Å². The van der Waals surface area contributed by atoms with Crippen molar-refractivity contribution in [1.82, 2.24) is 9.80 Å². The van der Waals surface area contributed by atoms with E-state index >= 15 is 0 Å². The molecule has 3 heteroatoms. The summed E-state index contributed by atoms with van der Waals surface area (Å²) < 4.78 is 0. The molecule has 2 saturated heterocycles. The van der Waals surface area contributed by atoms with Crippen molar-refractivity contribution in [3.05, 3.63) is 0 Å². The molecule has 0 N–H and O–H groups in total. The van der Waals surface area contributed by atoms with Crippen LogP contribution in [0.1, 0.15) is 32.6 Å². The van der Waals surface area contributed by atoms with Gasteiger partial charge in [0, 0.05) is 11.4 Å². The molecular weight excluding hydrogens is 264 g/mol. The van der Waals surface area contributed by atoms with E-state index in [1.807, 2.05) is 0 Å². The third-order valence-electron chi connectivity index (χ3n) is 4.27. The summed E-state index contributed by atoms with van der Waals surface area (Å²) in [6.45, 7) is 9.03. The smallest absolute Gasteiger partial charge is 0.0218 e.